The monoisotopic (exact) mass is 475 g/mol. The summed E-state index contributed by atoms with van der Waals surface area (Å²) in [6.07, 6.45) is 2.11. The van der Waals surface area contributed by atoms with E-state index in [2.05, 4.69) is 6.07 Å². The number of hydrogen-bond acceptors (Lipinski definition) is 6. The molecule has 0 spiro atoms. The third kappa shape index (κ3) is 5.86. The molecule has 180 valence electrons. The van der Waals surface area contributed by atoms with Crippen LogP contribution >= 0.6 is 0 Å². The Balaban J connectivity index is 1.51. The second kappa shape index (κ2) is 11.1. The average Bonchev–Trinajstić information content (AvgIpc) is 2.89. The van der Waals surface area contributed by atoms with E-state index in [0.717, 1.165) is 36.0 Å². The Labute approximate surface area is 203 Å². The summed E-state index contributed by atoms with van der Waals surface area (Å²) in [4.78, 5) is 11.5. The van der Waals surface area contributed by atoms with Crippen LogP contribution < -0.4 is 4.74 Å². The van der Waals surface area contributed by atoms with Gasteiger partial charge in [-0.05, 0) is 67.1 Å². The molecule has 6 nitrogen and oxygen atoms in total. The number of nitriles is 1. The number of hydrogen-bond donors (Lipinski definition) is 1. The molecule has 2 atom stereocenters. The van der Waals surface area contributed by atoms with Gasteiger partial charge in [-0.1, -0.05) is 36.4 Å². The molecule has 35 heavy (non-hydrogen) atoms. The second-order valence-electron chi connectivity index (χ2n) is 8.41. The van der Waals surface area contributed by atoms with Gasteiger partial charge in [0.1, 0.15) is 12.7 Å². The molecule has 3 aromatic carbocycles. The van der Waals surface area contributed by atoms with Crippen molar-refractivity contribution in [2.24, 2.45) is 0 Å². The second-order valence-corrected chi connectivity index (χ2v) is 8.41. The van der Waals surface area contributed by atoms with E-state index in [1.807, 2.05) is 42.5 Å². The number of nitrogens with zero attached hydrogens (tertiary/aromatic N) is 1. The molecule has 2 unspecified atom stereocenters. The zero-order chi connectivity index (χ0) is 24.8. The largest absolute Gasteiger partial charge is 0.504 e. The van der Waals surface area contributed by atoms with Crippen LogP contribution in [0.5, 0.6) is 11.5 Å². The number of rotatable bonds is 8. The fraction of sp³-hybridized carbons (Fsp3) is 0.286. The van der Waals surface area contributed by atoms with Crippen LogP contribution in [0.3, 0.4) is 0 Å². The highest BCUT2D eigenvalue weighted by Crippen LogP contribution is 2.32. The molecule has 0 saturated carbocycles. The highest BCUT2D eigenvalue weighted by atomic mass is 19.1. The Kier molecular flexibility index (Phi) is 7.76. The lowest BCUT2D eigenvalue weighted by Crippen LogP contribution is -2.25. The first-order valence-corrected chi connectivity index (χ1v) is 11.5. The van der Waals surface area contributed by atoms with Crippen molar-refractivity contribution in [1.29, 1.82) is 5.26 Å². The zero-order valence-corrected chi connectivity index (χ0v) is 19.4. The van der Waals surface area contributed by atoms with Gasteiger partial charge in [0.05, 0.1) is 17.2 Å². The lowest BCUT2D eigenvalue weighted by atomic mass is 9.98. The minimum absolute atomic E-state index is 0.0667. The van der Waals surface area contributed by atoms with Crippen molar-refractivity contribution in [2.45, 2.75) is 45.2 Å². The number of ether oxygens (including phenoxy) is 3. The van der Waals surface area contributed by atoms with Gasteiger partial charge in [0.15, 0.2) is 23.6 Å². The van der Waals surface area contributed by atoms with Crippen molar-refractivity contribution in [3.8, 4) is 17.6 Å². The van der Waals surface area contributed by atoms with Crippen LogP contribution in [0.1, 0.15) is 64.9 Å². The van der Waals surface area contributed by atoms with Gasteiger partial charge >= 0.3 is 0 Å². The highest BCUT2D eigenvalue weighted by molar-refractivity contribution is 5.96. The van der Waals surface area contributed by atoms with Crippen molar-refractivity contribution in [1.82, 2.24) is 0 Å². The fourth-order valence-electron chi connectivity index (χ4n) is 3.98. The van der Waals surface area contributed by atoms with Gasteiger partial charge in [-0.3, -0.25) is 4.79 Å². The maximum absolute atomic E-state index is 14.4. The maximum Gasteiger partial charge on any atom is 0.207 e. The first kappa shape index (κ1) is 24.4. The van der Waals surface area contributed by atoms with E-state index in [1.54, 1.807) is 6.07 Å². The van der Waals surface area contributed by atoms with Gasteiger partial charge in [0, 0.05) is 6.61 Å². The third-order valence-electron chi connectivity index (χ3n) is 5.88. The number of Topliss-reactive ketones (excluding diaryl/α,β-unsaturated/α-hetero) is 1. The molecular weight excluding hydrogens is 449 g/mol. The molecule has 0 aliphatic carbocycles. The molecular formula is C28H26FNO5. The number of halogens is 1. The summed E-state index contributed by atoms with van der Waals surface area (Å²) >= 11 is 0. The summed E-state index contributed by atoms with van der Waals surface area (Å²) in [7, 11) is 0. The Bertz CT molecular complexity index is 1230. The van der Waals surface area contributed by atoms with Gasteiger partial charge in [0.2, 0.25) is 5.82 Å². The van der Waals surface area contributed by atoms with Crippen LogP contribution in [0, 0.1) is 17.1 Å². The molecule has 1 N–H and O–H groups in total. The number of carbonyl (C=O) groups is 1. The minimum atomic E-state index is -0.965. The lowest BCUT2D eigenvalue weighted by molar-refractivity contribution is -0.181. The van der Waals surface area contributed by atoms with E-state index in [0.29, 0.717) is 12.2 Å². The van der Waals surface area contributed by atoms with E-state index in [-0.39, 0.29) is 24.2 Å². The van der Waals surface area contributed by atoms with Crippen LogP contribution in [0.25, 0.3) is 0 Å². The number of benzene rings is 3. The molecule has 1 aliphatic rings. The molecule has 1 heterocycles. The number of phenols is 1. The molecule has 0 radical (unpaired) electrons. The van der Waals surface area contributed by atoms with Crippen LogP contribution in [0.2, 0.25) is 0 Å². The average molecular weight is 476 g/mol. The zero-order valence-electron chi connectivity index (χ0n) is 19.4. The van der Waals surface area contributed by atoms with Gasteiger partial charge in [-0.2, -0.15) is 9.65 Å². The predicted molar refractivity (Wildman–Crippen MR) is 127 cm³/mol. The van der Waals surface area contributed by atoms with Crippen LogP contribution in [-0.2, 0) is 16.1 Å². The van der Waals surface area contributed by atoms with E-state index >= 15 is 0 Å². The van der Waals surface area contributed by atoms with Gasteiger partial charge in [0.25, 0.3) is 0 Å². The maximum atomic E-state index is 14.4. The number of carbonyl (C=O) groups excluding carboxylic acids is 1. The smallest absolute Gasteiger partial charge is 0.207 e. The van der Waals surface area contributed by atoms with Crippen molar-refractivity contribution < 1.29 is 28.5 Å². The summed E-state index contributed by atoms with van der Waals surface area (Å²) in [5.74, 6) is -2.25. The number of ketones is 1. The third-order valence-corrected chi connectivity index (χ3v) is 5.88. The standard InChI is InChI=1S/C28H26FNO5/c1-18(31)23-12-13-24(26(29)27(23)32)34-17-19-8-10-21(11-9-19)28(35-25-7-2-3-14-33-25)22-6-4-5-20(15-22)16-30/h4-6,8-13,15,25,28,32H,2-3,7,14,17H2,1H3. The fourth-order valence-corrected chi connectivity index (χ4v) is 3.98. The molecule has 7 heteroatoms. The number of phenolic OH excluding ortho intramolecular Hbond substituents is 1. The highest BCUT2D eigenvalue weighted by Gasteiger charge is 2.23. The van der Waals surface area contributed by atoms with Crippen LogP contribution in [-0.4, -0.2) is 23.8 Å². The minimum Gasteiger partial charge on any atom is -0.504 e. The van der Waals surface area contributed by atoms with Crippen molar-refractivity contribution >= 4 is 5.78 Å². The SMILES string of the molecule is CC(=O)c1ccc(OCc2ccc(C(OC3CCCCO3)c3cccc(C#N)c3)cc2)c(F)c1O. The topological polar surface area (TPSA) is 88.8 Å². The molecule has 0 aromatic heterocycles. The summed E-state index contributed by atoms with van der Waals surface area (Å²) < 4.78 is 32.0. The predicted octanol–water partition coefficient (Wildman–Crippen LogP) is 5.82. The first-order chi connectivity index (χ1) is 17.0. The number of aromatic hydroxyl groups is 1. The summed E-state index contributed by atoms with van der Waals surface area (Å²) in [5, 5.41) is 19.2. The van der Waals surface area contributed by atoms with Crippen LogP contribution in [0.15, 0.2) is 60.7 Å². The van der Waals surface area contributed by atoms with E-state index in [1.165, 1.54) is 19.1 Å². The molecule has 1 fully saturated rings. The lowest BCUT2D eigenvalue weighted by Gasteiger charge is -2.28. The summed E-state index contributed by atoms with van der Waals surface area (Å²) in [6.45, 7) is 1.98. The summed E-state index contributed by atoms with van der Waals surface area (Å²) in [6, 6.07) is 19.6. The normalized spacial score (nSPS) is 16.3. The van der Waals surface area contributed by atoms with E-state index < -0.39 is 23.5 Å². The van der Waals surface area contributed by atoms with E-state index in [9.17, 15) is 19.6 Å². The Morgan fingerprint density at radius 2 is 1.97 bits per heavy atom. The van der Waals surface area contributed by atoms with Crippen molar-refractivity contribution in [3.63, 3.8) is 0 Å². The molecule has 4 rings (SSSR count). The Morgan fingerprint density at radius 1 is 1.17 bits per heavy atom. The van der Waals surface area contributed by atoms with Gasteiger partial charge in [-0.15, -0.1) is 0 Å². The van der Waals surface area contributed by atoms with Gasteiger partial charge in [-0.25, -0.2) is 0 Å². The Morgan fingerprint density at radius 3 is 2.66 bits per heavy atom. The quantitative estimate of drug-likeness (QED) is 0.413. The van der Waals surface area contributed by atoms with Crippen molar-refractivity contribution in [2.75, 3.05) is 6.61 Å². The van der Waals surface area contributed by atoms with Crippen molar-refractivity contribution in [3.05, 3.63) is 94.3 Å². The first-order valence-electron chi connectivity index (χ1n) is 11.5. The molecule has 0 bridgehead atoms. The molecule has 3 aromatic rings. The van der Waals surface area contributed by atoms with E-state index in [4.69, 9.17) is 14.2 Å². The Hall–Kier alpha value is -3.73. The molecule has 0 amide bonds. The molecule has 1 saturated heterocycles. The summed E-state index contributed by atoms with van der Waals surface area (Å²) in [5.41, 5.74) is 2.97. The van der Waals surface area contributed by atoms with Gasteiger partial charge < -0.3 is 19.3 Å². The van der Waals surface area contributed by atoms with Crippen LogP contribution in [0.4, 0.5) is 4.39 Å². The molecule has 1 aliphatic heterocycles.